The fraction of sp³-hybridized carbons (Fsp3) is 0.278. The number of hydrogen-bond acceptors (Lipinski definition) is 5. The van der Waals surface area contributed by atoms with Crippen LogP contribution in [-0.2, 0) is 4.74 Å². The van der Waals surface area contributed by atoms with Gasteiger partial charge in [-0.25, -0.2) is 0 Å². The van der Waals surface area contributed by atoms with Crippen molar-refractivity contribution in [1.82, 2.24) is 15.2 Å². The summed E-state index contributed by atoms with van der Waals surface area (Å²) in [6.45, 7) is 1.29. The summed E-state index contributed by atoms with van der Waals surface area (Å²) in [6.07, 6.45) is 5.74. The Morgan fingerprint density at radius 2 is 2.00 bits per heavy atom. The molecule has 1 aliphatic heterocycles. The minimum atomic E-state index is 0.134. The Morgan fingerprint density at radius 3 is 2.79 bits per heavy atom. The van der Waals surface area contributed by atoms with Gasteiger partial charge < -0.3 is 9.47 Å². The smallest absolute Gasteiger partial charge is 0.243 e. The standard InChI is InChI=1S/C18H16ClN3O2/c19-13-5-3-12(4-6-13)17-15-7-8-20-10-16(15)18(22-21-17)24-11-14-2-1-9-23-14/h3-8,10,14H,1-2,9,11H2/t14-/m1/s1. The van der Waals surface area contributed by atoms with E-state index in [4.69, 9.17) is 21.1 Å². The van der Waals surface area contributed by atoms with Gasteiger partial charge in [-0.05, 0) is 31.0 Å². The van der Waals surface area contributed by atoms with Crippen LogP contribution in [0, 0.1) is 0 Å². The summed E-state index contributed by atoms with van der Waals surface area (Å²) in [5.41, 5.74) is 1.74. The van der Waals surface area contributed by atoms with Gasteiger partial charge in [0.2, 0.25) is 5.88 Å². The van der Waals surface area contributed by atoms with Crippen molar-refractivity contribution >= 4 is 22.4 Å². The van der Waals surface area contributed by atoms with Crippen LogP contribution in [0.25, 0.3) is 22.0 Å². The van der Waals surface area contributed by atoms with Crippen LogP contribution in [0.2, 0.25) is 5.02 Å². The minimum absolute atomic E-state index is 0.134. The number of halogens is 1. The van der Waals surface area contributed by atoms with Gasteiger partial charge in [0.1, 0.15) is 12.3 Å². The van der Waals surface area contributed by atoms with Crippen molar-refractivity contribution in [2.75, 3.05) is 13.2 Å². The Kier molecular flexibility index (Phi) is 4.28. The summed E-state index contributed by atoms with van der Waals surface area (Å²) in [4.78, 5) is 4.20. The Bertz CT molecular complexity index is 849. The quantitative estimate of drug-likeness (QED) is 0.720. The first-order valence-electron chi connectivity index (χ1n) is 7.92. The fourth-order valence-electron chi connectivity index (χ4n) is 2.85. The summed E-state index contributed by atoms with van der Waals surface area (Å²) >= 11 is 5.97. The molecule has 2 aromatic heterocycles. The first-order valence-corrected chi connectivity index (χ1v) is 8.30. The van der Waals surface area contributed by atoms with Crippen molar-refractivity contribution in [2.45, 2.75) is 18.9 Å². The second kappa shape index (κ2) is 6.71. The predicted molar refractivity (Wildman–Crippen MR) is 92.2 cm³/mol. The maximum atomic E-state index is 5.97. The zero-order chi connectivity index (χ0) is 16.4. The molecule has 0 unspecified atom stereocenters. The molecule has 3 aromatic rings. The predicted octanol–water partition coefficient (Wildman–Crippen LogP) is 3.90. The highest BCUT2D eigenvalue weighted by molar-refractivity contribution is 6.30. The zero-order valence-corrected chi connectivity index (χ0v) is 13.7. The Morgan fingerprint density at radius 1 is 1.12 bits per heavy atom. The van der Waals surface area contributed by atoms with E-state index in [-0.39, 0.29) is 6.10 Å². The molecular formula is C18H16ClN3O2. The lowest BCUT2D eigenvalue weighted by Crippen LogP contribution is -2.17. The summed E-state index contributed by atoms with van der Waals surface area (Å²) in [5, 5.41) is 11.1. The SMILES string of the molecule is Clc1ccc(-c2nnc(OC[C@H]3CCCO3)c3cnccc23)cc1. The molecule has 1 aromatic carbocycles. The number of rotatable bonds is 4. The van der Waals surface area contributed by atoms with Gasteiger partial charge in [-0.3, -0.25) is 4.98 Å². The summed E-state index contributed by atoms with van der Waals surface area (Å²) in [6, 6.07) is 9.46. The highest BCUT2D eigenvalue weighted by Crippen LogP contribution is 2.31. The summed E-state index contributed by atoms with van der Waals surface area (Å²) in [7, 11) is 0. The van der Waals surface area contributed by atoms with Crippen molar-refractivity contribution in [2.24, 2.45) is 0 Å². The maximum Gasteiger partial charge on any atom is 0.243 e. The largest absolute Gasteiger partial charge is 0.473 e. The maximum absolute atomic E-state index is 5.97. The van der Waals surface area contributed by atoms with E-state index in [1.807, 2.05) is 30.3 Å². The summed E-state index contributed by atoms with van der Waals surface area (Å²) < 4.78 is 11.4. The first-order chi connectivity index (χ1) is 11.8. The number of fused-ring (bicyclic) bond motifs is 1. The molecule has 1 fully saturated rings. The Labute approximate surface area is 144 Å². The lowest BCUT2D eigenvalue weighted by molar-refractivity contribution is 0.0666. The molecule has 0 spiro atoms. The molecule has 0 aliphatic carbocycles. The van der Waals surface area contributed by atoms with E-state index in [0.717, 1.165) is 41.5 Å². The Balaban J connectivity index is 1.70. The minimum Gasteiger partial charge on any atom is -0.473 e. The second-order valence-electron chi connectivity index (χ2n) is 5.73. The molecule has 1 aliphatic rings. The van der Waals surface area contributed by atoms with Crippen LogP contribution in [0.4, 0.5) is 0 Å². The van der Waals surface area contributed by atoms with Gasteiger partial charge in [-0.2, -0.15) is 0 Å². The van der Waals surface area contributed by atoms with Crippen LogP contribution < -0.4 is 4.74 Å². The second-order valence-corrected chi connectivity index (χ2v) is 6.16. The molecule has 24 heavy (non-hydrogen) atoms. The molecule has 1 saturated heterocycles. The normalized spacial score (nSPS) is 17.3. The number of pyridine rings is 1. The molecule has 122 valence electrons. The van der Waals surface area contributed by atoms with E-state index < -0.39 is 0 Å². The topological polar surface area (TPSA) is 57.1 Å². The molecule has 1 atom stereocenters. The van der Waals surface area contributed by atoms with Gasteiger partial charge in [0, 0.05) is 35.0 Å². The molecule has 0 saturated carbocycles. The lowest BCUT2D eigenvalue weighted by atomic mass is 10.1. The van der Waals surface area contributed by atoms with Gasteiger partial charge in [-0.1, -0.05) is 23.7 Å². The van der Waals surface area contributed by atoms with Gasteiger partial charge in [-0.15, -0.1) is 10.2 Å². The van der Waals surface area contributed by atoms with E-state index in [0.29, 0.717) is 17.5 Å². The number of ether oxygens (including phenoxy) is 2. The van der Waals surface area contributed by atoms with Crippen LogP contribution in [0.3, 0.4) is 0 Å². The van der Waals surface area contributed by atoms with Crippen molar-refractivity contribution in [3.05, 3.63) is 47.7 Å². The van der Waals surface area contributed by atoms with Gasteiger partial charge >= 0.3 is 0 Å². The molecule has 5 nitrogen and oxygen atoms in total. The average molecular weight is 342 g/mol. The van der Waals surface area contributed by atoms with Crippen molar-refractivity contribution in [3.63, 3.8) is 0 Å². The third-order valence-electron chi connectivity index (χ3n) is 4.10. The van der Waals surface area contributed by atoms with Crippen molar-refractivity contribution < 1.29 is 9.47 Å². The molecule has 0 bridgehead atoms. The monoisotopic (exact) mass is 341 g/mol. The molecule has 6 heteroatoms. The van der Waals surface area contributed by atoms with Crippen LogP contribution >= 0.6 is 11.6 Å². The first kappa shape index (κ1) is 15.3. The highest BCUT2D eigenvalue weighted by atomic mass is 35.5. The van der Waals surface area contributed by atoms with Crippen LogP contribution in [0.15, 0.2) is 42.7 Å². The Hall–Kier alpha value is -2.24. The van der Waals surface area contributed by atoms with Crippen molar-refractivity contribution in [3.8, 4) is 17.1 Å². The van der Waals surface area contributed by atoms with Crippen LogP contribution in [0.5, 0.6) is 5.88 Å². The van der Waals surface area contributed by atoms with E-state index >= 15 is 0 Å². The number of nitrogens with zero attached hydrogens (tertiary/aromatic N) is 3. The van der Waals surface area contributed by atoms with Gasteiger partial charge in [0.15, 0.2) is 0 Å². The van der Waals surface area contributed by atoms with E-state index in [1.165, 1.54) is 0 Å². The number of aromatic nitrogens is 3. The van der Waals surface area contributed by atoms with E-state index in [9.17, 15) is 0 Å². The fourth-order valence-corrected chi connectivity index (χ4v) is 2.98. The highest BCUT2D eigenvalue weighted by Gasteiger charge is 2.18. The van der Waals surface area contributed by atoms with Crippen LogP contribution in [0.1, 0.15) is 12.8 Å². The molecule has 0 N–H and O–H groups in total. The van der Waals surface area contributed by atoms with E-state index in [2.05, 4.69) is 15.2 Å². The van der Waals surface area contributed by atoms with E-state index in [1.54, 1.807) is 12.4 Å². The third kappa shape index (κ3) is 3.05. The molecule has 0 radical (unpaired) electrons. The van der Waals surface area contributed by atoms with Gasteiger partial charge in [0.25, 0.3) is 0 Å². The lowest BCUT2D eigenvalue weighted by Gasteiger charge is -2.13. The average Bonchev–Trinajstić information content (AvgIpc) is 3.14. The van der Waals surface area contributed by atoms with Crippen LogP contribution in [-0.4, -0.2) is 34.5 Å². The zero-order valence-electron chi connectivity index (χ0n) is 13.0. The summed E-state index contributed by atoms with van der Waals surface area (Å²) in [5.74, 6) is 0.492. The van der Waals surface area contributed by atoms with Crippen molar-refractivity contribution in [1.29, 1.82) is 0 Å². The number of hydrogen-bond donors (Lipinski definition) is 0. The third-order valence-corrected chi connectivity index (χ3v) is 4.35. The molecule has 4 rings (SSSR count). The molecule has 0 amide bonds. The van der Waals surface area contributed by atoms with Gasteiger partial charge in [0.05, 0.1) is 11.5 Å². The molecule has 3 heterocycles. The number of benzene rings is 1. The molecular weight excluding hydrogens is 326 g/mol.